The number of anilines is 2. The number of aromatic nitrogens is 1. The van der Waals surface area contributed by atoms with E-state index in [1.165, 1.54) is 16.2 Å². The molecular formula is C18H15N3O3S. The van der Waals surface area contributed by atoms with Crippen molar-refractivity contribution in [2.24, 2.45) is 0 Å². The highest BCUT2D eigenvalue weighted by molar-refractivity contribution is 7.13. The Balaban J connectivity index is 1.55. The first-order valence-electron chi connectivity index (χ1n) is 7.80. The van der Waals surface area contributed by atoms with Gasteiger partial charge in [0, 0.05) is 5.38 Å². The number of thiazole rings is 1. The van der Waals surface area contributed by atoms with Crippen molar-refractivity contribution in [2.75, 3.05) is 16.8 Å². The molecule has 3 aromatic rings. The molecule has 1 N–H and O–H groups in total. The zero-order valence-electron chi connectivity index (χ0n) is 13.5. The van der Waals surface area contributed by atoms with E-state index in [1.807, 2.05) is 42.6 Å². The van der Waals surface area contributed by atoms with Gasteiger partial charge in [-0.05, 0) is 31.2 Å². The molecule has 1 aromatic carbocycles. The van der Waals surface area contributed by atoms with E-state index in [9.17, 15) is 9.59 Å². The molecule has 0 bridgehead atoms. The molecule has 0 saturated heterocycles. The number of fused-ring (bicyclic) bond motifs is 1. The number of carbonyl (C=O) groups is 2. The molecular weight excluding hydrogens is 338 g/mol. The van der Waals surface area contributed by atoms with E-state index in [0.29, 0.717) is 22.8 Å². The van der Waals surface area contributed by atoms with E-state index < -0.39 is 0 Å². The van der Waals surface area contributed by atoms with Crippen molar-refractivity contribution < 1.29 is 14.0 Å². The number of aryl methyl sites for hydroxylation is 1. The Morgan fingerprint density at radius 1 is 1.32 bits per heavy atom. The summed E-state index contributed by atoms with van der Waals surface area (Å²) in [4.78, 5) is 30.6. The van der Waals surface area contributed by atoms with Gasteiger partial charge in [0.05, 0.1) is 23.5 Å². The molecule has 0 atom stereocenters. The number of nitrogens with one attached hydrogen (secondary N) is 1. The van der Waals surface area contributed by atoms with Crippen LogP contribution < -0.4 is 10.2 Å². The number of nitrogens with zero attached hydrogens (tertiary/aromatic N) is 2. The third kappa shape index (κ3) is 3.06. The maximum Gasteiger partial charge on any atom is 0.244 e. The maximum atomic E-state index is 12.7. The molecule has 0 unspecified atom stereocenters. The molecule has 1 aliphatic rings. The summed E-state index contributed by atoms with van der Waals surface area (Å²) in [5.74, 6) is 1.16. The van der Waals surface area contributed by atoms with Crippen LogP contribution in [-0.2, 0) is 16.0 Å². The number of hydrogen-bond acceptors (Lipinski definition) is 5. The van der Waals surface area contributed by atoms with Crippen LogP contribution in [0.5, 0.6) is 0 Å². The van der Waals surface area contributed by atoms with Crippen LogP contribution in [0.25, 0.3) is 10.8 Å². The average Bonchev–Trinajstić information content (AvgIpc) is 3.23. The van der Waals surface area contributed by atoms with E-state index in [1.54, 1.807) is 6.07 Å². The largest absolute Gasteiger partial charge is 0.459 e. The van der Waals surface area contributed by atoms with Crippen LogP contribution in [-0.4, -0.2) is 23.3 Å². The second-order valence-electron chi connectivity index (χ2n) is 5.78. The first-order chi connectivity index (χ1) is 12.1. The fourth-order valence-electron chi connectivity index (χ4n) is 2.76. The summed E-state index contributed by atoms with van der Waals surface area (Å²) in [5, 5.41) is 5.37. The lowest BCUT2D eigenvalue weighted by atomic mass is 10.1. The second-order valence-corrected chi connectivity index (χ2v) is 6.63. The van der Waals surface area contributed by atoms with Gasteiger partial charge in [0.2, 0.25) is 11.8 Å². The monoisotopic (exact) mass is 353 g/mol. The molecule has 2 amide bonds. The van der Waals surface area contributed by atoms with Gasteiger partial charge < -0.3 is 14.6 Å². The van der Waals surface area contributed by atoms with E-state index in [-0.39, 0.29) is 24.8 Å². The Kier molecular flexibility index (Phi) is 3.85. The van der Waals surface area contributed by atoms with Crippen molar-refractivity contribution in [3.8, 4) is 10.8 Å². The Hall–Kier alpha value is -2.93. The minimum atomic E-state index is -0.197. The molecule has 0 fully saturated rings. The first kappa shape index (κ1) is 15.6. The van der Waals surface area contributed by atoms with E-state index in [4.69, 9.17) is 4.42 Å². The van der Waals surface area contributed by atoms with Gasteiger partial charge >= 0.3 is 0 Å². The molecule has 4 rings (SSSR count). The molecule has 0 spiro atoms. The minimum Gasteiger partial charge on any atom is -0.459 e. The van der Waals surface area contributed by atoms with Gasteiger partial charge in [-0.3, -0.25) is 9.59 Å². The number of amides is 2. The fraction of sp³-hybridized carbons (Fsp3) is 0.167. The number of furan rings is 1. The number of rotatable bonds is 3. The zero-order chi connectivity index (χ0) is 17.4. The average molecular weight is 353 g/mol. The minimum absolute atomic E-state index is 0.0181. The molecule has 0 aliphatic carbocycles. The van der Waals surface area contributed by atoms with Crippen molar-refractivity contribution in [1.29, 1.82) is 0 Å². The molecule has 126 valence electrons. The molecule has 3 heterocycles. The SMILES string of the molecule is Cc1ccc(-c2nc(CC(=O)N3CC(=O)Nc4ccccc43)cs2)o1. The predicted octanol–water partition coefficient (Wildman–Crippen LogP) is 3.24. The summed E-state index contributed by atoms with van der Waals surface area (Å²) < 4.78 is 5.56. The summed E-state index contributed by atoms with van der Waals surface area (Å²) >= 11 is 1.44. The fourth-order valence-corrected chi connectivity index (χ4v) is 3.54. The number of benzene rings is 1. The van der Waals surface area contributed by atoms with Gasteiger partial charge in [0.1, 0.15) is 12.3 Å². The van der Waals surface area contributed by atoms with Gasteiger partial charge in [0.25, 0.3) is 0 Å². The predicted molar refractivity (Wildman–Crippen MR) is 95.7 cm³/mol. The summed E-state index contributed by atoms with van der Waals surface area (Å²) in [6, 6.07) is 11.0. The summed E-state index contributed by atoms with van der Waals surface area (Å²) in [5.41, 5.74) is 2.03. The van der Waals surface area contributed by atoms with Crippen molar-refractivity contribution in [3.63, 3.8) is 0 Å². The third-order valence-electron chi connectivity index (χ3n) is 3.91. The van der Waals surface area contributed by atoms with Crippen molar-refractivity contribution in [2.45, 2.75) is 13.3 Å². The van der Waals surface area contributed by atoms with E-state index in [0.717, 1.165) is 10.8 Å². The number of carbonyl (C=O) groups excluding carboxylic acids is 2. The zero-order valence-corrected chi connectivity index (χ0v) is 14.3. The van der Waals surface area contributed by atoms with Gasteiger partial charge in [-0.15, -0.1) is 11.3 Å². The van der Waals surface area contributed by atoms with Gasteiger partial charge in [-0.25, -0.2) is 4.98 Å². The Morgan fingerprint density at radius 3 is 2.96 bits per heavy atom. The normalized spacial score (nSPS) is 13.5. The summed E-state index contributed by atoms with van der Waals surface area (Å²) in [6.45, 7) is 1.89. The molecule has 6 nitrogen and oxygen atoms in total. The van der Waals surface area contributed by atoms with Crippen LogP contribution in [0.15, 0.2) is 46.2 Å². The summed E-state index contributed by atoms with van der Waals surface area (Å²) in [7, 11) is 0. The highest BCUT2D eigenvalue weighted by atomic mass is 32.1. The lowest BCUT2D eigenvalue weighted by molar-refractivity contribution is -0.121. The number of para-hydroxylation sites is 2. The van der Waals surface area contributed by atoms with Crippen molar-refractivity contribution in [3.05, 3.63) is 53.2 Å². The second kappa shape index (κ2) is 6.18. The van der Waals surface area contributed by atoms with Crippen molar-refractivity contribution >= 4 is 34.5 Å². The van der Waals surface area contributed by atoms with Crippen molar-refractivity contribution in [1.82, 2.24) is 4.98 Å². The first-order valence-corrected chi connectivity index (χ1v) is 8.68. The van der Waals surface area contributed by atoms with Gasteiger partial charge in [-0.2, -0.15) is 0 Å². The molecule has 1 aliphatic heterocycles. The number of hydrogen-bond donors (Lipinski definition) is 1. The van der Waals surface area contributed by atoms with E-state index in [2.05, 4.69) is 10.3 Å². The molecule has 7 heteroatoms. The Morgan fingerprint density at radius 2 is 2.16 bits per heavy atom. The van der Waals surface area contributed by atoms with Crippen LogP contribution in [0.4, 0.5) is 11.4 Å². The highest BCUT2D eigenvalue weighted by Gasteiger charge is 2.27. The van der Waals surface area contributed by atoms with Gasteiger partial charge in [0.15, 0.2) is 10.8 Å². The molecule has 2 aromatic heterocycles. The Labute approximate surface area is 148 Å². The highest BCUT2D eigenvalue weighted by Crippen LogP contribution is 2.30. The third-order valence-corrected chi connectivity index (χ3v) is 4.81. The van der Waals surface area contributed by atoms with Crippen LogP contribution in [0.3, 0.4) is 0 Å². The topological polar surface area (TPSA) is 75.4 Å². The van der Waals surface area contributed by atoms with Crippen LogP contribution in [0, 0.1) is 6.92 Å². The standard InChI is InChI=1S/C18H15N3O3S/c1-11-6-7-15(24-11)18-19-12(10-25-18)8-17(23)21-9-16(22)20-13-4-2-3-5-14(13)21/h2-7,10H,8-9H2,1H3,(H,20,22). The molecule has 0 saturated carbocycles. The van der Waals surface area contributed by atoms with Gasteiger partial charge in [-0.1, -0.05) is 12.1 Å². The van der Waals surface area contributed by atoms with Crippen LogP contribution in [0.2, 0.25) is 0 Å². The Bertz CT molecular complexity index is 960. The van der Waals surface area contributed by atoms with E-state index >= 15 is 0 Å². The lowest BCUT2D eigenvalue weighted by Gasteiger charge is -2.29. The quantitative estimate of drug-likeness (QED) is 0.784. The lowest BCUT2D eigenvalue weighted by Crippen LogP contribution is -2.42. The smallest absolute Gasteiger partial charge is 0.244 e. The molecule has 0 radical (unpaired) electrons. The molecule has 25 heavy (non-hydrogen) atoms. The van der Waals surface area contributed by atoms with Crippen LogP contribution >= 0.6 is 11.3 Å². The van der Waals surface area contributed by atoms with Crippen LogP contribution in [0.1, 0.15) is 11.5 Å². The maximum absolute atomic E-state index is 12.7. The summed E-state index contributed by atoms with van der Waals surface area (Å²) in [6.07, 6.45) is 0.137.